The van der Waals surface area contributed by atoms with Crippen molar-refractivity contribution in [3.63, 3.8) is 0 Å². The van der Waals surface area contributed by atoms with Crippen LogP contribution in [0.25, 0.3) is 0 Å². The van der Waals surface area contributed by atoms with Gasteiger partial charge in [0.05, 0.1) is 18.2 Å². The number of methoxy groups -OCH3 is 1. The Bertz CT molecular complexity index is 1570. The lowest BCUT2D eigenvalue weighted by Gasteiger charge is -2.27. The van der Waals surface area contributed by atoms with Gasteiger partial charge in [0, 0.05) is 49.2 Å². The van der Waals surface area contributed by atoms with Crippen molar-refractivity contribution in [2.24, 2.45) is 0 Å². The molecule has 14 heteroatoms. The molecule has 8 nitrogen and oxygen atoms in total. The summed E-state index contributed by atoms with van der Waals surface area (Å²) in [6, 6.07) is 13.0. The fraction of sp³-hybridized carbons (Fsp3) is 0.233. The number of nitrogens with zero attached hydrogens (tertiary/aromatic N) is 1. The van der Waals surface area contributed by atoms with Crippen molar-refractivity contribution in [1.82, 2.24) is 10.2 Å². The first-order valence-electron chi connectivity index (χ1n) is 13.0. The van der Waals surface area contributed by atoms with Crippen LogP contribution >= 0.6 is 0 Å². The van der Waals surface area contributed by atoms with E-state index in [1.54, 1.807) is 35.2 Å². The molecule has 0 spiro atoms. The van der Waals surface area contributed by atoms with Gasteiger partial charge in [0.2, 0.25) is 0 Å². The number of rotatable bonds is 10. The minimum Gasteiger partial charge on any atom is -0.493 e. The van der Waals surface area contributed by atoms with E-state index in [-0.39, 0.29) is 41.4 Å². The van der Waals surface area contributed by atoms with E-state index in [2.05, 4.69) is 15.4 Å². The van der Waals surface area contributed by atoms with Gasteiger partial charge in [-0.3, -0.25) is 9.59 Å². The molecule has 0 radical (unpaired) electrons. The van der Waals surface area contributed by atoms with Crippen LogP contribution in [0.4, 0.5) is 32.0 Å². The van der Waals surface area contributed by atoms with Crippen LogP contribution in [0.2, 0.25) is 0 Å². The summed E-state index contributed by atoms with van der Waals surface area (Å²) in [4.78, 5) is 27.2. The molecule has 2 amide bonds. The Morgan fingerprint density at radius 3 is 2.34 bits per heavy atom. The van der Waals surface area contributed by atoms with Crippen molar-refractivity contribution in [1.29, 1.82) is 5.41 Å². The summed E-state index contributed by atoms with van der Waals surface area (Å²) < 4.78 is 87.5. The van der Waals surface area contributed by atoms with Gasteiger partial charge in [0.15, 0.2) is 11.5 Å². The maximum Gasteiger partial charge on any atom is 0.419 e. The van der Waals surface area contributed by atoms with E-state index < -0.39 is 36.0 Å². The average Bonchev–Trinajstić information content (AvgIpc) is 2.97. The fourth-order valence-electron chi connectivity index (χ4n) is 4.35. The molecule has 4 rings (SSSR count). The third kappa shape index (κ3) is 8.08. The Balaban J connectivity index is 1.37. The van der Waals surface area contributed by atoms with Crippen LogP contribution in [-0.2, 0) is 24.1 Å². The highest BCUT2D eigenvalue weighted by atomic mass is 19.4. The van der Waals surface area contributed by atoms with E-state index in [0.29, 0.717) is 36.3 Å². The molecule has 0 unspecified atom stereocenters. The van der Waals surface area contributed by atoms with E-state index >= 15 is 0 Å². The first-order valence-corrected chi connectivity index (χ1v) is 13.0. The van der Waals surface area contributed by atoms with Crippen molar-refractivity contribution >= 4 is 23.2 Å². The molecule has 0 atom stereocenters. The first kappa shape index (κ1) is 31.9. The second-order valence-corrected chi connectivity index (χ2v) is 9.63. The average molecular weight is 621 g/mol. The van der Waals surface area contributed by atoms with E-state index in [1.165, 1.54) is 25.4 Å². The predicted octanol–water partition coefficient (Wildman–Crippen LogP) is 6.13. The molecule has 1 aliphatic heterocycles. The number of carbonyl (C=O) groups excluding carboxylic acids is 2. The lowest BCUT2D eigenvalue weighted by molar-refractivity contribution is -0.140. The van der Waals surface area contributed by atoms with Gasteiger partial charge >= 0.3 is 12.8 Å². The zero-order valence-electron chi connectivity index (χ0n) is 23.1. The van der Waals surface area contributed by atoms with Crippen molar-refractivity contribution in [2.75, 3.05) is 19.0 Å². The number of hydrogen-bond donors (Lipinski definition) is 3. The molecule has 1 heterocycles. The van der Waals surface area contributed by atoms with Crippen LogP contribution < -0.4 is 20.1 Å². The van der Waals surface area contributed by atoms with Crippen molar-refractivity contribution < 1.29 is 45.4 Å². The number of benzene rings is 3. The summed E-state index contributed by atoms with van der Waals surface area (Å²) in [6.07, 6.45) is -3.31. The minimum absolute atomic E-state index is 0.00586. The zero-order valence-corrected chi connectivity index (χ0v) is 23.1. The van der Waals surface area contributed by atoms with Gasteiger partial charge in [-0.1, -0.05) is 18.2 Å². The van der Waals surface area contributed by atoms with Gasteiger partial charge in [0.25, 0.3) is 11.8 Å². The SMILES string of the molecule is COc1ccc(CNC(=O)c2ccc(CN3C=C(C(=O)Nc4ccc(F)c(C(F)(F)F)c4)C(=N)CC3)cc2)cc1OC(F)F. The molecule has 0 saturated heterocycles. The van der Waals surface area contributed by atoms with Gasteiger partial charge < -0.3 is 30.4 Å². The molecular formula is C30H26F6N4O4. The highest BCUT2D eigenvalue weighted by Gasteiger charge is 2.34. The van der Waals surface area contributed by atoms with Crippen LogP contribution in [0, 0.1) is 11.2 Å². The summed E-state index contributed by atoms with van der Waals surface area (Å²) in [6.45, 7) is -2.31. The molecule has 0 aromatic heterocycles. The number of amides is 2. The van der Waals surface area contributed by atoms with Crippen LogP contribution in [0.1, 0.15) is 33.5 Å². The highest BCUT2D eigenvalue weighted by molar-refractivity contribution is 6.24. The van der Waals surface area contributed by atoms with E-state index in [0.717, 1.165) is 11.6 Å². The molecule has 3 aromatic carbocycles. The van der Waals surface area contributed by atoms with Crippen molar-refractivity contribution in [3.05, 3.63) is 101 Å². The number of anilines is 1. The number of hydrogen-bond acceptors (Lipinski definition) is 6. The Labute approximate surface area is 247 Å². The van der Waals surface area contributed by atoms with Crippen molar-refractivity contribution in [2.45, 2.75) is 32.3 Å². The van der Waals surface area contributed by atoms with Gasteiger partial charge in [-0.2, -0.15) is 22.0 Å². The molecule has 3 aromatic rings. The summed E-state index contributed by atoms with van der Waals surface area (Å²) >= 11 is 0. The molecule has 0 saturated carbocycles. The van der Waals surface area contributed by atoms with Gasteiger partial charge in [-0.25, -0.2) is 4.39 Å². The second kappa shape index (κ2) is 13.5. The van der Waals surface area contributed by atoms with Crippen LogP contribution in [0.5, 0.6) is 11.5 Å². The number of nitrogens with one attached hydrogen (secondary N) is 3. The molecule has 0 fully saturated rings. The molecule has 0 aliphatic carbocycles. The summed E-state index contributed by atoms with van der Waals surface area (Å²) in [7, 11) is 1.32. The standard InChI is InChI=1S/C30H26F6N4O4/c1-43-25-9-4-18(12-26(25)44-29(32)33)14-38-27(41)19-5-2-17(3-6-19)15-40-11-10-24(37)21(16-40)28(42)39-20-7-8-23(31)22(13-20)30(34,35)36/h2-9,12-13,16,29,37H,10-11,14-15H2,1H3,(H,38,41)(H,39,42). The molecule has 232 valence electrons. The quantitative estimate of drug-likeness (QED) is 0.237. The second-order valence-electron chi connectivity index (χ2n) is 9.63. The third-order valence-electron chi connectivity index (χ3n) is 6.56. The van der Waals surface area contributed by atoms with E-state index in [1.807, 2.05) is 0 Å². The Morgan fingerprint density at radius 1 is 0.977 bits per heavy atom. The maximum atomic E-state index is 13.6. The number of carbonyl (C=O) groups is 2. The molecule has 1 aliphatic rings. The minimum atomic E-state index is -4.94. The van der Waals surface area contributed by atoms with Gasteiger partial charge in [0.1, 0.15) is 5.82 Å². The Kier molecular flexibility index (Phi) is 9.81. The van der Waals surface area contributed by atoms with E-state index in [4.69, 9.17) is 10.1 Å². The largest absolute Gasteiger partial charge is 0.493 e. The summed E-state index contributed by atoms with van der Waals surface area (Å²) in [5.41, 5.74) is -0.232. The van der Waals surface area contributed by atoms with Crippen LogP contribution in [0.3, 0.4) is 0 Å². The lowest BCUT2D eigenvalue weighted by Crippen LogP contribution is -2.32. The monoisotopic (exact) mass is 620 g/mol. The first-order chi connectivity index (χ1) is 20.8. The highest BCUT2D eigenvalue weighted by Crippen LogP contribution is 2.33. The van der Waals surface area contributed by atoms with E-state index in [9.17, 15) is 35.9 Å². The van der Waals surface area contributed by atoms with Crippen LogP contribution in [-0.4, -0.2) is 42.7 Å². The molecule has 3 N–H and O–H groups in total. The van der Waals surface area contributed by atoms with Gasteiger partial charge in [-0.05, 0) is 53.6 Å². The summed E-state index contributed by atoms with van der Waals surface area (Å²) in [5.74, 6) is -2.73. The topological polar surface area (TPSA) is 104 Å². The third-order valence-corrected chi connectivity index (χ3v) is 6.56. The van der Waals surface area contributed by atoms with Crippen LogP contribution in [0.15, 0.2) is 72.4 Å². The lowest BCUT2D eigenvalue weighted by atomic mass is 10.0. The Hall–Kier alpha value is -5.01. The van der Waals surface area contributed by atoms with Crippen molar-refractivity contribution in [3.8, 4) is 11.5 Å². The number of ether oxygens (including phenoxy) is 2. The maximum absolute atomic E-state index is 13.6. The fourth-order valence-corrected chi connectivity index (χ4v) is 4.35. The molecular weight excluding hydrogens is 594 g/mol. The molecule has 44 heavy (non-hydrogen) atoms. The zero-order chi connectivity index (χ0) is 32.0. The van der Waals surface area contributed by atoms with Gasteiger partial charge in [-0.15, -0.1) is 0 Å². The Morgan fingerprint density at radius 2 is 1.68 bits per heavy atom. The smallest absolute Gasteiger partial charge is 0.419 e. The normalized spacial score (nSPS) is 13.4. The summed E-state index contributed by atoms with van der Waals surface area (Å²) in [5, 5.41) is 13.1. The predicted molar refractivity (Wildman–Crippen MR) is 148 cm³/mol. The molecule has 0 bridgehead atoms. The number of halogens is 6. The number of alkyl halides is 5.